The van der Waals surface area contributed by atoms with Crippen molar-refractivity contribution in [2.24, 2.45) is 0 Å². The highest BCUT2D eigenvalue weighted by Crippen LogP contribution is 2.42. The molecule has 0 aliphatic carbocycles. The monoisotopic (exact) mass is 615 g/mol. The van der Waals surface area contributed by atoms with Crippen molar-refractivity contribution in [3.05, 3.63) is 144 Å². The lowest BCUT2D eigenvalue weighted by atomic mass is 9.96. The van der Waals surface area contributed by atoms with Crippen LogP contribution in [0.25, 0.3) is 71.5 Å². The zero-order chi connectivity index (χ0) is 29.7. The standard InChI is InChI=1S/C38H25N5S2/c1-2-8-25(9-3-1)43-34-22-24(30-12-6-14-32(41-30)37-39-18-20-44-37)16-17-28(34)36-27-11-5-4-10-26(27)29(23-35(36)43)31-13-7-15-33(42-31)38-40-19-21-45-38/h1-23,38,40H. The number of aromatic nitrogens is 4. The van der Waals surface area contributed by atoms with Crippen LogP contribution in [0.1, 0.15) is 11.1 Å². The van der Waals surface area contributed by atoms with Gasteiger partial charge in [-0.3, -0.25) is 0 Å². The van der Waals surface area contributed by atoms with Crippen LogP contribution in [0, 0.1) is 0 Å². The van der Waals surface area contributed by atoms with E-state index in [4.69, 9.17) is 9.97 Å². The first-order valence-electron chi connectivity index (χ1n) is 14.8. The molecule has 1 unspecified atom stereocenters. The molecule has 0 saturated heterocycles. The summed E-state index contributed by atoms with van der Waals surface area (Å²) in [6.07, 6.45) is 3.81. The van der Waals surface area contributed by atoms with Gasteiger partial charge in [-0.25, -0.2) is 15.0 Å². The second-order valence-electron chi connectivity index (χ2n) is 10.9. The zero-order valence-corrected chi connectivity index (χ0v) is 25.6. The molecule has 5 heterocycles. The van der Waals surface area contributed by atoms with Crippen molar-refractivity contribution in [3.8, 4) is 38.9 Å². The van der Waals surface area contributed by atoms with Crippen LogP contribution < -0.4 is 5.32 Å². The highest BCUT2D eigenvalue weighted by atomic mass is 32.2. The first-order chi connectivity index (χ1) is 22.3. The molecule has 8 aromatic rings. The summed E-state index contributed by atoms with van der Waals surface area (Å²) >= 11 is 3.34. The average Bonchev–Trinajstić information content (AvgIpc) is 3.90. The van der Waals surface area contributed by atoms with Gasteiger partial charge in [-0.1, -0.05) is 66.7 Å². The Kier molecular flexibility index (Phi) is 6.25. The van der Waals surface area contributed by atoms with Crippen molar-refractivity contribution >= 4 is 55.7 Å². The van der Waals surface area contributed by atoms with Crippen molar-refractivity contribution < 1.29 is 0 Å². The number of thiazole rings is 1. The van der Waals surface area contributed by atoms with Crippen molar-refractivity contribution in [2.75, 3.05) is 0 Å². The molecule has 0 amide bonds. The van der Waals surface area contributed by atoms with E-state index >= 15 is 0 Å². The number of nitrogens with zero attached hydrogens (tertiary/aromatic N) is 4. The maximum Gasteiger partial charge on any atom is 0.141 e. The SMILES string of the molecule is C1=CSC(c2cccc(-c3cc4c(c5ccccc35)c3ccc(-c5cccc(-c6nccs6)n5)cc3n4-c3ccccc3)n2)N1. The molecule has 0 radical (unpaired) electrons. The van der Waals surface area contributed by atoms with Gasteiger partial charge in [0.15, 0.2) is 0 Å². The van der Waals surface area contributed by atoms with Gasteiger partial charge < -0.3 is 9.88 Å². The summed E-state index contributed by atoms with van der Waals surface area (Å²) in [5, 5.41) is 13.4. The molecule has 5 nitrogen and oxygen atoms in total. The molecule has 1 aliphatic heterocycles. The molecule has 4 aromatic carbocycles. The summed E-state index contributed by atoms with van der Waals surface area (Å²) in [6, 6.07) is 40.9. The molecule has 1 N–H and O–H groups in total. The highest BCUT2D eigenvalue weighted by Gasteiger charge is 2.21. The maximum atomic E-state index is 5.18. The molecular weight excluding hydrogens is 591 g/mol. The van der Waals surface area contributed by atoms with Crippen molar-refractivity contribution in [1.82, 2.24) is 24.8 Å². The first-order valence-corrected chi connectivity index (χ1v) is 16.6. The Bertz CT molecular complexity index is 2390. The normalized spacial score (nSPS) is 14.4. The quantitative estimate of drug-likeness (QED) is 0.209. The van der Waals surface area contributed by atoms with E-state index in [1.54, 1.807) is 23.1 Å². The Morgan fingerprint density at radius 1 is 0.667 bits per heavy atom. The fourth-order valence-electron chi connectivity index (χ4n) is 6.36. The predicted octanol–water partition coefficient (Wildman–Crippen LogP) is 9.99. The van der Waals surface area contributed by atoms with E-state index in [-0.39, 0.29) is 5.37 Å². The maximum absolute atomic E-state index is 5.18. The van der Waals surface area contributed by atoms with E-state index in [9.17, 15) is 0 Å². The van der Waals surface area contributed by atoms with E-state index in [1.165, 1.54) is 21.5 Å². The number of thioether (sulfide) groups is 1. The summed E-state index contributed by atoms with van der Waals surface area (Å²) in [6.45, 7) is 0. The van der Waals surface area contributed by atoms with E-state index in [0.717, 1.165) is 55.6 Å². The molecule has 0 bridgehead atoms. The summed E-state index contributed by atoms with van der Waals surface area (Å²) in [4.78, 5) is 14.7. The van der Waals surface area contributed by atoms with Gasteiger partial charge in [0.05, 0.1) is 33.8 Å². The second-order valence-corrected chi connectivity index (χ2v) is 12.9. The molecule has 9 rings (SSSR count). The number of para-hydroxylation sites is 1. The van der Waals surface area contributed by atoms with Crippen LogP contribution in [0.4, 0.5) is 0 Å². The fraction of sp³-hybridized carbons (Fsp3) is 0.0263. The lowest BCUT2D eigenvalue weighted by Crippen LogP contribution is -2.09. The van der Waals surface area contributed by atoms with Crippen LogP contribution in [-0.2, 0) is 0 Å². The molecule has 7 heteroatoms. The van der Waals surface area contributed by atoms with E-state index < -0.39 is 0 Å². The summed E-state index contributed by atoms with van der Waals surface area (Å²) < 4.78 is 2.39. The third kappa shape index (κ3) is 4.43. The van der Waals surface area contributed by atoms with E-state index in [2.05, 4.69) is 129 Å². The van der Waals surface area contributed by atoms with Gasteiger partial charge in [0.2, 0.25) is 0 Å². The minimum Gasteiger partial charge on any atom is -0.374 e. The summed E-state index contributed by atoms with van der Waals surface area (Å²) in [5.74, 6) is 0. The van der Waals surface area contributed by atoms with Crippen LogP contribution >= 0.6 is 23.1 Å². The predicted molar refractivity (Wildman–Crippen MR) is 188 cm³/mol. The van der Waals surface area contributed by atoms with Gasteiger partial charge in [0, 0.05) is 45.4 Å². The summed E-state index contributed by atoms with van der Waals surface area (Å²) in [7, 11) is 0. The molecule has 4 aromatic heterocycles. The Labute approximate surface area is 267 Å². The average molecular weight is 616 g/mol. The molecule has 0 fully saturated rings. The molecule has 214 valence electrons. The van der Waals surface area contributed by atoms with Gasteiger partial charge in [-0.15, -0.1) is 23.1 Å². The van der Waals surface area contributed by atoms with Crippen molar-refractivity contribution in [3.63, 3.8) is 0 Å². The topological polar surface area (TPSA) is 55.6 Å². The number of benzene rings is 4. The third-order valence-corrected chi connectivity index (χ3v) is 10.1. The smallest absolute Gasteiger partial charge is 0.141 e. The van der Waals surface area contributed by atoms with Gasteiger partial charge in [-0.05, 0) is 64.7 Å². The number of fused-ring (bicyclic) bond motifs is 5. The van der Waals surface area contributed by atoms with Gasteiger partial charge in [0.1, 0.15) is 10.4 Å². The Balaban J connectivity index is 1.32. The van der Waals surface area contributed by atoms with Crippen molar-refractivity contribution in [1.29, 1.82) is 0 Å². The molecule has 1 aliphatic rings. The Morgan fingerprint density at radius 2 is 1.49 bits per heavy atom. The summed E-state index contributed by atoms with van der Waals surface area (Å²) in [5.41, 5.74) is 9.38. The third-order valence-electron chi connectivity index (χ3n) is 8.33. The van der Waals surface area contributed by atoms with Gasteiger partial charge in [-0.2, -0.15) is 0 Å². The number of nitrogens with one attached hydrogen (secondary N) is 1. The number of hydrogen-bond acceptors (Lipinski definition) is 6. The molecular formula is C38H25N5S2. The minimum absolute atomic E-state index is 0.122. The van der Waals surface area contributed by atoms with Crippen LogP contribution in [-0.4, -0.2) is 19.5 Å². The second kappa shape index (κ2) is 10.7. The van der Waals surface area contributed by atoms with Crippen molar-refractivity contribution in [2.45, 2.75) is 5.37 Å². The first kappa shape index (κ1) is 26.2. The largest absolute Gasteiger partial charge is 0.374 e. The Hall–Kier alpha value is -5.24. The molecule has 0 saturated carbocycles. The molecule has 1 atom stereocenters. The number of pyridine rings is 2. The Morgan fingerprint density at radius 3 is 2.33 bits per heavy atom. The van der Waals surface area contributed by atoms with Crippen LogP contribution in [0.15, 0.2) is 138 Å². The number of hydrogen-bond donors (Lipinski definition) is 1. The lowest BCUT2D eigenvalue weighted by Gasteiger charge is -2.14. The fourth-order valence-corrected chi connectivity index (χ4v) is 7.70. The highest BCUT2D eigenvalue weighted by molar-refractivity contribution is 8.02. The minimum atomic E-state index is 0.122. The van der Waals surface area contributed by atoms with Gasteiger partial charge in [0.25, 0.3) is 0 Å². The van der Waals surface area contributed by atoms with Gasteiger partial charge >= 0.3 is 0 Å². The molecule has 0 spiro atoms. The molecule has 45 heavy (non-hydrogen) atoms. The lowest BCUT2D eigenvalue weighted by molar-refractivity contribution is 0.829. The van der Waals surface area contributed by atoms with Crippen LogP contribution in [0.5, 0.6) is 0 Å². The zero-order valence-electron chi connectivity index (χ0n) is 24.0. The van der Waals surface area contributed by atoms with E-state index in [0.29, 0.717) is 0 Å². The van der Waals surface area contributed by atoms with Crippen LogP contribution in [0.2, 0.25) is 0 Å². The van der Waals surface area contributed by atoms with E-state index in [1.807, 2.05) is 23.8 Å². The van der Waals surface area contributed by atoms with Crippen LogP contribution in [0.3, 0.4) is 0 Å². The number of rotatable bonds is 5.